The first-order valence-corrected chi connectivity index (χ1v) is 7.44. The Labute approximate surface area is 108 Å². The van der Waals surface area contributed by atoms with Gasteiger partial charge in [-0.2, -0.15) is 0 Å². The van der Waals surface area contributed by atoms with E-state index < -0.39 is 0 Å². The first kappa shape index (κ1) is 15.0. The lowest BCUT2D eigenvalue weighted by molar-refractivity contribution is -0.0292. The lowest BCUT2D eigenvalue weighted by Crippen LogP contribution is -2.33. The van der Waals surface area contributed by atoms with Crippen LogP contribution in [0.2, 0.25) is 0 Å². The molecular formula is C15H31NO. The summed E-state index contributed by atoms with van der Waals surface area (Å²) in [5, 5.41) is 3.49. The second kappa shape index (κ2) is 8.10. The maximum absolute atomic E-state index is 6.11. The van der Waals surface area contributed by atoms with Gasteiger partial charge in [-0.05, 0) is 44.6 Å². The summed E-state index contributed by atoms with van der Waals surface area (Å²) < 4.78 is 6.11. The molecule has 0 heterocycles. The highest BCUT2D eigenvalue weighted by atomic mass is 16.5. The van der Waals surface area contributed by atoms with Crippen molar-refractivity contribution in [3.63, 3.8) is 0 Å². The SMILES string of the molecule is CC(C)CCNCC(C)OC1CCCC(C)C1. The van der Waals surface area contributed by atoms with Crippen LogP contribution in [0, 0.1) is 11.8 Å². The number of nitrogens with one attached hydrogen (secondary N) is 1. The first-order valence-electron chi connectivity index (χ1n) is 7.44. The standard InChI is InChI=1S/C15H31NO/c1-12(2)8-9-16-11-14(4)17-15-7-5-6-13(3)10-15/h12-16H,5-11H2,1-4H3. The van der Waals surface area contributed by atoms with Gasteiger partial charge in [0.15, 0.2) is 0 Å². The minimum atomic E-state index is 0.359. The van der Waals surface area contributed by atoms with Crippen LogP contribution in [0.25, 0.3) is 0 Å². The van der Waals surface area contributed by atoms with E-state index in [9.17, 15) is 0 Å². The zero-order valence-corrected chi connectivity index (χ0v) is 12.2. The van der Waals surface area contributed by atoms with E-state index >= 15 is 0 Å². The molecule has 17 heavy (non-hydrogen) atoms. The van der Waals surface area contributed by atoms with E-state index in [0.717, 1.165) is 24.9 Å². The van der Waals surface area contributed by atoms with Gasteiger partial charge in [-0.15, -0.1) is 0 Å². The van der Waals surface area contributed by atoms with E-state index in [4.69, 9.17) is 4.74 Å². The second-order valence-electron chi connectivity index (χ2n) is 6.23. The monoisotopic (exact) mass is 241 g/mol. The van der Waals surface area contributed by atoms with E-state index in [0.29, 0.717) is 12.2 Å². The summed E-state index contributed by atoms with van der Waals surface area (Å²) in [5.41, 5.74) is 0. The summed E-state index contributed by atoms with van der Waals surface area (Å²) in [4.78, 5) is 0. The van der Waals surface area contributed by atoms with Gasteiger partial charge in [-0.3, -0.25) is 0 Å². The van der Waals surface area contributed by atoms with E-state index in [2.05, 4.69) is 33.0 Å². The summed E-state index contributed by atoms with van der Waals surface area (Å²) >= 11 is 0. The number of rotatable bonds is 7. The van der Waals surface area contributed by atoms with Crippen LogP contribution in [0.3, 0.4) is 0 Å². The Morgan fingerprint density at radius 1 is 1.24 bits per heavy atom. The summed E-state index contributed by atoms with van der Waals surface area (Å²) in [6, 6.07) is 0. The molecule has 0 aliphatic heterocycles. The largest absolute Gasteiger partial charge is 0.374 e. The lowest BCUT2D eigenvalue weighted by atomic mass is 9.88. The fraction of sp³-hybridized carbons (Fsp3) is 1.00. The first-order chi connectivity index (χ1) is 8.08. The van der Waals surface area contributed by atoms with Crippen LogP contribution in [-0.4, -0.2) is 25.3 Å². The van der Waals surface area contributed by atoms with Crippen molar-refractivity contribution in [1.82, 2.24) is 5.32 Å². The normalized spacial score (nSPS) is 27.4. The second-order valence-corrected chi connectivity index (χ2v) is 6.23. The maximum atomic E-state index is 6.11. The molecule has 0 amide bonds. The molecule has 0 radical (unpaired) electrons. The number of hydrogen-bond donors (Lipinski definition) is 1. The molecule has 3 atom stereocenters. The summed E-state index contributed by atoms with van der Waals surface area (Å²) in [5.74, 6) is 1.65. The van der Waals surface area contributed by atoms with Crippen LogP contribution >= 0.6 is 0 Å². The molecule has 0 spiro atoms. The third-order valence-corrected chi connectivity index (χ3v) is 3.64. The predicted molar refractivity (Wildman–Crippen MR) is 74.3 cm³/mol. The Bertz CT molecular complexity index is 193. The lowest BCUT2D eigenvalue weighted by Gasteiger charge is -2.29. The van der Waals surface area contributed by atoms with Crippen molar-refractivity contribution < 1.29 is 4.74 Å². The van der Waals surface area contributed by atoms with Gasteiger partial charge in [0.1, 0.15) is 0 Å². The fourth-order valence-corrected chi connectivity index (χ4v) is 2.57. The third kappa shape index (κ3) is 7.05. The van der Waals surface area contributed by atoms with E-state index in [-0.39, 0.29) is 0 Å². The average molecular weight is 241 g/mol. The zero-order valence-electron chi connectivity index (χ0n) is 12.2. The predicted octanol–water partition coefficient (Wildman–Crippen LogP) is 3.61. The smallest absolute Gasteiger partial charge is 0.0675 e. The molecule has 0 aromatic rings. The van der Waals surface area contributed by atoms with Crippen molar-refractivity contribution in [2.45, 2.75) is 72.0 Å². The molecule has 1 aliphatic carbocycles. The van der Waals surface area contributed by atoms with Gasteiger partial charge in [-0.25, -0.2) is 0 Å². The Hall–Kier alpha value is -0.0800. The molecule has 3 unspecified atom stereocenters. The third-order valence-electron chi connectivity index (χ3n) is 3.64. The molecule has 2 heteroatoms. The van der Waals surface area contributed by atoms with Crippen LogP contribution in [0.1, 0.15) is 59.8 Å². The van der Waals surface area contributed by atoms with Gasteiger partial charge < -0.3 is 10.1 Å². The van der Waals surface area contributed by atoms with Gasteiger partial charge in [0.05, 0.1) is 12.2 Å². The molecule has 0 aromatic heterocycles. The number of ether oxygens (including phenoxy) is 1. The van der Waals surface area contributed by atoms with Gasteiger partial charge in [0, 0.05) is 6.54 Å². The minimum absolute atomic E-state index is 0.359. The van der Waals surface area contributed by atoms with Gasteiger partial charge in [0.25, 0.3) is 0 Å². The molecule has 102 valence electrons. The topological polar surface area (TPSA) is 21.3 Å². The molecular weight excluding hydrogens is 210 g/mol. The van der Waals surface area contributed by atoms with Crippen molar-refractivity contribution in [3.8, 4) is 0 Å². The molecule has 0 bridgehead atoms. The Balaban J connectivity index is 2.05. The van der Waals surface area contributed by atoms with Crippen molar-refractivity contribution in [2.75, 3.05) is 13.1 Å². The summed E-state index contributed by atoms with van der Waals surface area (Å²) in [6.07, 6.45) is 7.39. The molecule has 1 fully saturated rings. The van der Waals surface area contributed by atoms with Gasteiger partial charge >= 0.3 is 0 Å². The Morgan fingerprint density at radius 3 is 2.65 bits per heavy atom. The van der Waals surface area contributed by atoms with Gasteiger partial charge in [0.2, 0.25) is 0 Å². The van der Waals surface area contributed by atoms with Crippen LogP contribution < -0.4 is 5.32 Å². The van der Waals surface area contributed by atoms with Gasteiger partial charge in [-0.1, -0.05) is 33.6 Å². The quantitative estimate of drug-likeness (QED) is 0.688. The van der Waals surface area contributed by atoms with E-state index in [1.54, 1.807) is 0 Å². The molecule has 2 nitrogen and oxygen atoms in total. The van der Waals surface area contributed by atoms with Crippen LogP contribution in [0.5, 0.6) is 0 Å². The highest BCUT2D eigenvalue weighted by Gasteiger charge is 2.20. The molecule has 1 N–H and O–H groups in total. The highest BCUT2D eigenvalue weighted by molar-refractivity contribution is 4.72. The molecule has 0 aromatic carbocycles. The average Bonchev–Trinajstić information content (AvgIpc) is 2.24. The van der Waals surface area contributed by atoms with Crippen LogP contribution in [-0.2, 0) is 4.74 Å². The van der Waals surface area contributed by atoms with E-state index in [1.807, 2.05) is 0 Å². The van der Waals surface area contributed by atoms with Crippen molar-refractivity contribution in [3.05, 3.63) is 0 Å². The molecule has 0 saturated heterocycles. The Morgan fingerprint density at radius 2 is 2.00 bits per heavy atom. The summed E-state index contributed by atoms with van der Waals surface area (Å²) in [7, 11) is 0. The maximum Gasteiger partial charge on any atom is 0.0675 e. The number of hydrogen-bond acceptors (Lipinski definition) is 2. The van der Waals surface area contributed by atoms with Crippen molar-refractivity contribution in [1.29, 1.82) is 0 Å². The Kier molecular flexibility index (Phi) is 7.14. The molecule has 1 saturated carbocycles. The van der Waals surface area contributed by atoms with Crippen molar-refractivity contribution >= 4 is 0 Å². The van der Waals surface area contributed by atoms with Crippen LogP contribution in [0.15, 0.2) is 0 Å². The van der Waals surface area contributed by atoms with Crippen molar-refractivity contribution in [2.24, 2.45) is 11.8 Å². The zero-order chi connectivity index (χ0) is 12.7. The molecule has 1 rings (SSSR count). The van der Waals surface area contributed by atoms with E-state index in [1.165, 1.54) is 32.1 Å². The summed E-state index contributed by atoms with van der Waals surface area (Å²) in [6.45, 7) is 11.2. The molecule has 1 aliphatic rings. The highest BCUT2D eigenvalue weighted by Crippen LogP contribution is 2.26. The fourth-order valence-electron chi connectivity index (χ4n) is 2.57. The minimum Gasteiger partial charge on any atom is -0.374 e. The van der Waals surface area contributed by atoms with Crippen LogP contribution in [0.4, 0.5) is 0 Å².